The standard InChI is InChI=1S/C24H26FNO5S/c1-15(18-7-9-21(25)22(12-18)31-13-17-4-5-17)14-32(29,30)10-2-3-16-6-8-19-20(11-16)24(28)26-23(19)27/h6-9,11-12,15,17H,2-5,10,13-14H2,1H3,(H,26,27,28)/t15-/m0/s1. The largest absolute Gasteiger partial charge is 0.490 e. The predicted molar refractivity (Wildman–Crippen MR) is 118 cm³/mol. The zero-order valence-corrected chi connectivity index (χ0v) is 18.7. The molecule has 1 N–H and O–H groups in total. The summed E-state index contributed by atoms with van der Waals surface area (Å²) >= 11 is 0. The normalized spacial score (nSPS) is 16.6. The average Bonchev–Trinajstić information content (AvgIpc) is 3.52. The maximum absolute atomic E-state index is 14.0. The van der Waals surface area contributed by atoms with Crippen LogP contribution in [0.4, 0.5) is 4.39 Å². The third-order valence-electron chi connectivity index (χ3n) is 5.92. The smallest absolute Gasteiger partial charge is 0.258 e. The summed E-state index contributed by atoms with van der Waals surface area (Å²) in [5.74, 6) is -0.918. The Morgan fingerprint density at radius 3 is 2.59 bits per heavy atom. The number of aryl methyl sites for hydroxylation is 1. The second kappa shape index (κ2) is 9.02. The van der Waals surface area contributed by atoms with Crippen molar-refractivity contribution in [2.75, 3.05) is 18.1 Å². The van der Waals surface area contributed by atoms with Gasteiger partial charge >= 0.3 is 0 Å². The van der Waals surface area contributed by atoms with Gasteiger partial charge in [-0.05, 0) is 72.9 Å². The molecular weight excluding hydrogens is 433 g/mol. The number of carbonyl (C=O) groups excluding carboxylic acids is 2. The first kappa shape index (κ1) is 22.5. The molecule has 1 fully saturated rings. The number of amides is 2. The Kier molecular flexibility index (Phi) is 6.33. The van der Waals surface area contributed by atoms with Gasteiger partial charge in [0.15, 0.2) is 21.4 Å². The van der Waals surface area contributed by atoms with E-state index in [1.165, 1.54) is 6.07 Å². The van der Waals surface area contributed by atoms with Crippen molar-refractivity contribution in [1.82, 2.24) is 5.32 Å². The Morgan fingerprint density at radius 2 is 1.84 bits per heavy atom. The molecular formula is C24H26FNO5S. The van der Waals surface area contributed by atoms with E-state index in [4.69, 9.17) is 4.74 Å². The van der Waals surface area contributed by atoms with Crippen molar-refractivity contribution in [2.45, 2.75) is 38.5 Å². The molecule has 2 aromatic carbocycles. The van der Waals surface area contributed by atoms with Gasteiger partial charge in [-0.3, -0.25) is 14.9 Å². The molecule has 0 radical (unpaired) electrons. The molecule has 2 amide bonds. The number of rotatable bonds is 10. The van der Waals surface area contributed by atoms with Crippen molar-refractivity contribution < 1.29 is 27.1 Å². The van der Waals surface area contributed by atoms with Gasteiger partial charge in [0.05, 0.1) is 29.2 Å². The maximum Gasteiger partial charge on any atom is 0.258 e. The lowest BCUT2D eigenvalue weighted by Gasteiger charge is -2.15. The van der Waals surface area contributed by atoms with Gasteiger partial charge in [0.25, 0.3) is 11.8 Å². The van der Waals surface area contributed by atoms with Crippen molar-refractivity contribution >= 4 is 21.7 Å². The number of nitrogens with one attached hydrogen (secondary N) is 1. The van der Waals surface area contributed by atoms with E-state index < -0.39 is 27.5 Å². The van der Waals surface area contributed by atoms with Crippen molar-refractivity contribution in [3.63, 3.8) is 0 Å². The van der Waals surface area contributed by atoms with Crippen LogP contribution in [0.25, 0.3) is 0 Å². The van der Waals surface area contributed by atoms with Crippen molar-refractivity contribution in [3.05, 3.63) is 64.5 Å². The molecule has 8 heteroatoms. The zero-order chi connectivity index (χ0) is 22.9. The number of sulfone groups is 1. The van der Waals surface area contributed by atoms with Gasteiger partial charge in [0, 0.05) is 0 Å². The molecule has 1 saturated carbocycles. The summed E-state index contributed by atoms with van der Waals surface area (Å²) in [5, 5.41) is 2.24. The van der Waals surface area contributed by atoms with E-state index in [9.17, 15) is 22.4 Å². The van der Waals surface area contributed by atoms with Gasteiger partial charge in [0.2, 0.25) is 0 Å². The summed E-state index contributed by atoms with van der Waals surface area (Å²) in [7, 11) is -3.34. The van der Waals surface area contributed by atoms with Crippen LogP contribution in [0.15, 0.2) is 36.4 Å². The molecule has 0 spiro atoms. The predicted octanol–water partition coefficient (Wildman–Crippen LogP) is 3.65. The minimum atomic E-state index is -3.34. The lowest BCUT2D eigenvalue weighted by atomic mass is 10.0. The summed E-state index contributed by atoms with van der Waals surface area (Å²) in [4.78, 5) is 23.4. The first-order valence-electron chi connectivity index (χ1n) is 10.8. The number of carbonyl (C=O) groups is 2. The van der Waals surface area contributed by atoms with Gasteiger partial charge in [-0.25, -0.2) is 12.8 Å². The molecule has 2 aliphatic rings. The van der Waals surface area contributed by atoms with Crippen molar-refractivity contribution in [2.24, 2.45) is 5.92 Å². The minimum absolute atomic E-state index is 0.00574. The molecule has 1 aliphatic carbocycles. The van der Waals surface area contributed by atoms with Gasteiger partial charge in [-0.1, -0.05) is 19.1 Å². The molecule has 2 aromatic rings. The van der Waals surface area contributed by atoms with Gasteiger partial charge in [0.1, 0.15) is 0 Å². The van der Waals surface area contributed by atoms with Crippen LogP contribution in [0.5, 0.6) is 5.75 Å². The Morgan fingerprint density at radius 1 is 1.09 bits per heavy atom. The van der Waals surface area contributed by atoms with E-state index in [1.54, 1.807) is 30.3 Å². The molecule has 1 atom stereocenters. The lowest BCUT2D eigenvalue weighted by Crippen LogP contribution is -2.19. The topological polar surface area (TPSA) is 89.5 Å². The molecule has 6 nitrogen and oxygen atoms in total. The Balaban J connectivity index is 1.32. The summed E-state index contributed by atoms with van der Waals surface area (Å²) in [5.41, 5.74) is 2.22. The van der Waals surface area contributed by atoms with Gasteiger partial charge in [-0.15, -0.1) is 0 Å². The monoisotopic (exact) mass is 459 g/mol. The highest BCUT2D eigenvalue weighted by Gasteiger charge is 2.27. The Bertz CT molecular complexity index is 1160. The molecule has 170 valence electrons. The van der Waals surface area contributed by atoms with Crippen LogP contribution >= 0.6 is 0 Å². The molecule has 0 bridgehead atoms. The Labute approximate surface area is 187 Å². The van der Waals surface area contributed by atoms with Crippen LogP contribution in [-0.4, -0.2) is 38.3 Å². The van der Waals surface area contributed by atoms with E-state index in [0.29, 0.717) is 36.5 Å². The number of fused-ring (bicyclic) bond motifs is 1. The van der Waals surface area contributed by atoms with Crippen LogP contribution in [0.2, 0.25) is 0 Å². The zero-order valence-electron chi connectivity index (χ0n) is 17.9. The maximum atomic E-state index is 14.0. The quantitative estimate of drug-likeness (QED) is 0.548. The number of halogens is 1. The van der Waals surface area contributed by atoms with Crippen LogP contribution in [0, 0.1) is 11.7 Å². The van der Waals surface area contributed by atoms with Crippen LogP contribution in [-0.2, 0) is 16.3 Å². The average molecular weight is 460 g/mol. The van der Waals surface area contributed by atoms with E-state index in [2.05, 4.69) is 5.32 Å². The molecule has 0 saturated heterocycles. The fourth-order valence-electron chi connectivity index (χ4n) is 3.86. The highest BCUT2D eigenvalue weighted by Crippen LogP contribution is 2.31. The second-order valence-corrected chi connectivity index (χ2v) is 11.0. The first-order valence-corrected chi connectivity index (χ1v) is 12.7. The fourth-order valence-corrected chi connectivity index (χ4v) is 5.56. The summed E-state index contributed by atoms with van der Waals surface area (Å²) < 4.78 is 44.9. The van der Waals surface area contributed by atoms with Gasteiger partial charge < -0.3 is 4.74 Å². The van der Waals surface area contributed by atoms with E-state index in [-0.39, 0.29) is 23.2 Å². The minimum Gasteiger partial charge on any atom is -0.490 e. The molecule has 0 unspecified atom stereocenters. The molecule has 32 heavy (non-hydrogen) atoms. The third-order valence-corrected chi connectivity index (χ3v) is 7.84. The highest BCUT2D eigenvalue weighted by molar-refractivity contribution is 7.91. The Hall–Kier alpha value is -2.74. The van der Waals surface area contributed by atoms with E-state index >= 15 is 0 Å². The molecule has 0 aromatic heterocycles. The molecule has 1 heterocycles. The number of ether oxygens (including phenoxy) is 1. The number of hydrogen-bond donors (Lipinski definition) is 1. The number of hydrogen-bond acceptors (Lipinski definition) is 5. The van der Waals surface area contributed by atoms with Gasteiger partial charge in [-0.2, -0.15) is 0 Å². The number of imide groups is 1. The highest BCUT2D eigenvalue weighted by atomic mass is 32.2. The van der Waals surface area contributed by atoms with Crippen LogP contribution in [0.3, 0.4) is 0 Å². The molecule has 1 aliphatic heterocycles. The number of benzene rings is 2. The third kappa shape index (κ3) is 5.35. The van der Waals surface area contributed by atoms with E-state index in [0.717, 1.165) is 24.0 Å². The molecule has 4 rings (SSSR count). The second-order valence-electron chi connectivity index (χ2n) is 8.73. The van der Waals surface area contributed by atoms with Crippen molar-refractivity contribution in [1.29, 1.82) is 0 Å². The SMILES string of the molecule is C[C@@H](CS(=O)(=O)CCCc1ccc2c(c1)C(=O)NC2=O)c1ccc(F)c(OCC2CC2)c1. The lowest BCUT2D eigenvalue weighted by molar-refractivity contribution is 0.0879. The van der Waals surface area contributed by atoms with E-state index in [1.807, 2.05) is 6.92 Å². The summed E-state index contributed by atoms with van der Waals surface area (Å²) in [6.07, 6.45) is 3.10. The summed E-state index contributed by atoms with van der Waals surface area (Å²) in [6, 6.07) is 9.53. The van der Waals surface area contributed by atoms with Crippen molar-refractivity contribution in [3.8, 4) is 5.75 Å². The first-order chi connectivity index (χ1) is 15.2. The fraction of sp³-hybridized carbons (Fsp3) is 0.417. The summed E-state index contributed by atoms with van der Waals surface area (Å²) in [6.45, 7) is 2.30. The van der Waals surface area contributed by atoms with Crippen LogP contribution in [0.1, 0.15) is 63.9 Å². The van der Waals surface area contributed by atoms with Crippen LogP contribution < -0.4 is 10.1 Å².